The highest BCUT2D eigenvalue weighted by Crippen LogP contribution is 2.12. The normalized spacial score (nSPS) is 21.9. The number of ether oxygens (including phenoxy) is 1. The van der Waals surface area contributed by atoms with Crippen LogP contribution in [0.25, 0.3) is 0 Å². The standard InChI is InChI=1S/C10H12N2O2/c13-6-8-1-2-9(12-5-8)10-7-14-4-3-11-10/h1-2,5-6,10-11H,3-4,7H2/t10-/m0/s1. The van der Waals surface area contributed by atoms with E-state index in [0.29, 0.717) is 12.2 Å². The number of nitrogens with one attached hydrogen (secondary N) is 1. The molecule has 0 spiro atoms. The minimum Gasteiger partial charge on any atom is -0.378 e. The summed E-state index contributed by atoms with van der Waals surface area (Å²) in [5, 5.41) is 3.30. The lowest BCUT2D eigenvalue weighted by Gasteiger charge is -2.23. The van der Waals surface area contributed by atoms with Gasteiger partial charge >= 0.3 is 0 Å². The Labute approximate surface area is 82.3 Å². The van der Waals surface area contributed by atoms with Gasteiger partial charge in [-0.1, -0.05) is 0 Å². The van der Waals surface area contributed by atoms with Gasteiger partial charge in [0.15, 0.2) is 6.29 Å². The fourth-order valence-electron chi connectivity index (χ4n) is 1.45. The van der Waals surface area contributed by atoms with Crippen LogP contribution in [-0.4, -0.2) is 31.0 Å². The number of rotatable bonds is 2. The van der Waals surface area contributed by atoms with Gasteiger partial charge in [0.1, 0.15) is 0 Å². The number of nitrogens with zero attached hydrogens (tertiary/aromatic N) is 1. The summed E-state index contributed by atoms with van der Waals surface area (Å²) >= 11 is 0. The zero-order chi connectivity index (χ0) is 9.80. The molecular formula is C10H12N2O2. The van der Waals surface area contributed by atoms with Gasteiger partial charge in [-0.3, -0.25) is 9.78 Å². The number of aromatic nitrogens is 1. The van der Waals surface area contributed by atoms with Crippen molar-refractivity contribution >= 4 is 6.29 Å². The summed E-state index contributed by atoms with van der Waals surface area (Å²) in [7, 11) is 0. The Morgan fingerprint density at radius 3 is 3.07 bits per heavy atom. The van der Waals surface area contributed by atoms with Crippen LogP contribution in [0.3, 0.4) is 0 Å². The Balaban J connectivity index is 2.11. The van der Waals surface area contributed by atoms with Crippen molar-refractivity contribution < 1.29 is 9.53 Å². The van der Waals surface area contributed by atoms with E-state index in [1.54, 1.807) is 12.3 Å². The first-order valence-electron chi connectivity index (χ1n) is 4.62. The Morgan fingerprint density at radius 1 is 1.57 bits per heavy atom. The molecule has 74 valence electrons. The van der Waals surface area contributed by atoms with Crippen molar-refractivity contribution in [2.45, 2.75) is 6.04 Å². The van der Waals surface area contributed by atoms with E-state index < -0.39 is 0 Å². The maximum Gasteiger partial charge on any atom is 0.151 e. The average Bonchev–Trinajstić information content (AvgIpc) is 2.30. The van der Waals surface area contributed by atoms with Crippen molar-refractivity contribution in [3.8, 4) is 0 Å². The summed E-state index contributed by atoms with van der Waals surface area (Å²) in [6.45, 7) is 2.25. The van der Waals surface area contributed by atoms with Crippen LogP contribution in [0, 0.1) is 0 Å². The number of carbonyl (C=O) groups excluding carboxylic acids is 1. The van der Waals surface area contributed by atoms with Gasteiger partial charge in [-0.05, 0) is 12.1 Å². The SMILES string of the molecule is O=Cc1ccc([C@@H]2COCCN2)nc1. The molecule has 14 heavy (non-hydrogen) atoms. The lowest BCUT2D eigenvalue weighted by atomic mass is 10.1. The third kappa shape index (κ3) is 1.97. The van der Waals surface area contributed by atoms with Gasteiger partial charge in [0.25, 0.3) is 0 Å². The Morgan fingerprint density at radius 2 is 2.50 bits per heavy atom. The molecule has 4 nitrogen and oxygen atoms in total. The molecule has 1 aliphatic heterocycles. The third-order valence-electron chi connectivity index (χ3n) is 2.22. The number of carbonyl (C=O) groups is 1. The Kier molecular flexibility index (Phi) is 2.86. The zero-order valence-electron chi connectivity index (χ0n) is 7.77. The molecule has 2 heterocycles. The molecule has 1 aliphatic rings. The van der Waals surface area contributed by atoms with Crippen LogP contribution in [0.4, 0.5) is 0 Å². The van der Waals surface area contributed by atoms with Crippen molar-refractivity contribution in [3.05, 3.63) is 29.6 Å². The van der Waals surface area contributed by atoms with Crippen molar-refractivity contribution in [3.63, 3.8) is 0 Å². The maximum atomic E-state index is 10.4. The van der Waals surface area contributed by atoms with E-state index in [4.69, 9.17) is 4.74 Å². The van der Waals surface area contributed by atoms with Gasteiger partial charge in [-0.15, -0.1) is 0 Å². The molecule has 1 aromatic rings. The number of pyridine rings is 1. The summed E-state index contributed by atoms with van der Waals surface area (Å²) in [5.74, 6) is 0. The third-order valence-corrected chi connectivity index (χ3v) is 2.22. The molecule has 1 fully saturated rings. The highest BCUT2D eigenvalue weighted by atomic mass is 16.5. The first kappa shape index (κ1) is 9.30. The summed E-state index contributed by atoms with van der Waals surface area (Å²) in [6.07, 6.45) is 2.38. The minimum absolute atomic E-state index is 0.157. The molecule has 0 aliphatic carbocycles. The number of hydrogen-bond donors (Lipinski definition) is 1. The first-order valence-corrected chi connectivity index (χ1v) is 4.62. The lowest BCUT2D eigenvalue weighted by molar-refractivity contribution is 0.0756. The van der Waals surface area contributed by atoms with Gasteiger partial charge in [0.05, 0.1) is 24.9 Å². The average molecular weight is 192 g/mol. The van der Waals surface area contributed by atoms with Crippen LogP contribution in [0.2, 0.25) is 0 Å². The number of aldehydes is 1. The molecule has 4 heteroatoms. The molecule has 1 N–H and O–H groups in total. The predicted molar refractivity (Wildman–Crippen MR) is 51.2 cm³/mol. The Bertz CT molecular complexity index is 304. The van der Waals surface area contributed by atoms with Crippen LogP contribution < -0.4 is 5.32 Å². The largest absolute Gasteiger partial charge is 0.378 e. The highest BCUT2D eigenvalue weighted by Gasteiger charge is 2.15. The topological polar surface area (TPSA) is 51.2 Å². The summed E-state index contributed by atoms with van der Waals surface area (Å²) in [4.78, 5) is 14.6. The molecule has 1 aromatic heterocycles. The quantitative estimate of drug-likeness (QED) is 0.695. The van der Waals surface area contributed by atoms with Gasteiger partial charge < -0.3 is 10.1 Å². The van der Waals surface area contributed by atoms with Gasteiger partial charge in [-0.25, -0.2) is 0 Å². The fraction of sp³-hybridized carbons (Fsp3) is 0.400. The number of morpholine rings is 1. The van der Waals surface area contributed by atoms with Gasteiger partial charge in [0, 0.05) is 18.3 Å². The van der Waals surface area contributed by atoms with Gasteiger partial charge in [-0.2, -0.15) is 0 Å². The molecule has 0 aromatic carbocycles. The molecule has 0 bridgehead atoms. The van der Waals surface area contributed by atoms with E-state index in [-0.39, 0.29) is 6.04 Å². The summed E-state index contributed by atoms with van der Waals surface area (Å²) in [5.41, 5.74) is 1.53. The smallest absolute Gasteiger partial charge is 0.151 e. The van der Waals surface area contributed by atoms with E-state index in [9.17, 15) is 4.79 Å². The fourth-order valence-corrected chi connectivity index (χ4v) is 1.45. The van der Waals surface area contributed by atoms with Crippen molar-refractivity contribution in [2.24, 2.45) is 0 Å². The molecule has 1 atom stereocenters. The van der Waals surface area contributed by atoms with Crippen LogP contribution in [0.15, 0.2) is 18.3 Å². The molecule has 0 unspecified atom stereocenters. The second kappa shape index (κ2) is 4.30. The van der Waals surface area contributed by atoms with E-state index in [1.807, 2.05) is 6.07 Å². The van der Waals surface area contributed by atoms with E-state index in [0.717, 1.165) is 25.1 Å². The molecule has 0 radical (unpaired) electrons. The molecule has 0 amide bonds. The van der Waals surface area contributed by atoms with Crippen LogP contribution in [0.5, 0.6) is 0 Å². The second-order valence-electron chi connectivity index (χ2n) is 3.22. The number of hydrogen-bond acceptors (Lipinski definition) is 4. The second-order valence-corrected chi connectivity index (χ2v) is 3.22. The molecule has 0 saturated carbocycles. The lowest BCUT2D eigenvalue weighted by Crippen LogP contribution is -2.35. The Hall–Kier alpha value is -1.26. The monoisotopic (exact) mass is 192 g/mol. The van der Waals surface area contributed by atoms with Crippen molar-refractivity contribution in [2.75, 3.05) is 19.8 Å². The summed E-state index contributed by atoms with van der Waals surface area (Å²) in [6, 6.07) is 3.78. The van der Waals surface area contributed by atoms with Crippen molar-refractivity contribution in [1.29, 1.82) is 0 Å². The van der Waals surface area contributed by atoms with Crippen LogP contribution >= 0.6 is 0 Å². The molecule has 1 saturated heterocycles. The summed E-state index contributed by atoms with van der Waals surface area (Å²) < 4.78 is 5.32. The molecule has 2 rings (SSSR count). The van der Waals surface area contributed by atoms with E-state index in [1.165, 1.54) is 0 Å². The van der Waals surface area contributed by atoms with E-state index >= 15 is 0 Å². The predicted octanol–water partition coefficient (Wildman–Crippen LogP) is 0.555. The van der Waals surface area contributed by atoms with E-state index in [2.05, 4.69) is 10.3 Å². The maximum absolute atomic E-state index is 10.4. The zero-order valence-corrected chi connectivity index (χ0v) is 7.77. The van der Waals surface area contributed by atoms with Crippen LogP contribution in [-0.2, 0) is 4.74 Å². The molecular weight excluding hydrogens is 180 g/mol. The minimum atomic E-state index is 0.157. The van der Waals surface area contributed by atoms with Crippen LogP contribution in [0.1, 0.15) is 22.1 Å². The van der Waals surface area contributed by atoms with Gasteiger partial charge in [0.2, 0.25) is 0 Å². The highest BCUT2D eigenvalue weighted by molar-refractivity contribution is 5.73. The first-order chi connectivity index (χ1) is 6.90. The van der Waals surface area contributed by atoms with Crippen molar-refractivity contribution in [1.82, 2.24) is 10.3 Å².